The maximum absolute atomic E-state index is 12.1. The predicted molar refractivity (Wildman–Crippen MR) is 62.8 cm³/mol. The molecular formula is C13H9ClO3. The molecule has 0 saturated carbocycles. The van der Waals surface area contributed by atoms with E-state index >= 15 is 0 Å². The van der Waals surface area contributed by atoms with Gasteiger partial charge in [0.25, 0.3) is 0 Å². The highest BCUT2D eigenvalue weighted by Crippen LogP contribution is 2.28. The molecule has 0 spiro atoms. The maximum Gasteiger partial charge on any atom is 0.204 e. The van der Waals surface area contributed by atoms with Gasteiger partial charge in [-0.25, -0.2) is 0 Å². The van der Waals surface area contributed by atoms with Gasteiger partial charge in [-0.2, -0.15) is 0 Å². The van der Waals surface area contributed by atoms with E-state index in [1.54, 1.807) is 12.1 Å². The lowest BCUT2D eigenvalue weighted by Gasteiger charge is -2.02. The lowest BCUT2D eigenvalue weighted by Crippen LogP contribution is -2.00. The van der Waals surface area contributed by atoms with Crippen LogP contribution >= 0.6 is 11.6 Å². The fraction of sp³-hybridized carbons (Fsp3) is 0.154. The molecule has 0 radical (unpaired) electrons. The first-order valence-electron chi connectivity index (χ1n) is 5.29. The summed E-state index contributed by atoms with van der Waals surface area (Å²) in [4.78, 5) is 12.1. The zero-order chi connectivity index (χ0) is 11.8. The van der Waals surface area contributed by atoms with Crippen molar-refractivity contribution in [3.8, 4) is 5.75 Å². The van der Waals surface area contributed by atoms with Gasteiger partial charge in [0.2, 0.25) is 5.22 Å². The van der Waals surface area contributed by atoms with Gasteiger partial charge in [0.05, 0.1) is 18.4 Å². The summed E-state index contributed by atoms with van der Waals surface area (Å²) in [5, 5.41) is 0.131. The Hall–Kier alpha value is -1.74. The van der Waals surface area contributed by atoms with E-state index in [4.69, 9.17) is 20.8 Å². The van der Waals surface area contributed by atoms with Gasteiger partial charge in [-0.15, -0.1) is 0 Å². The molecule has 1 aliphatic heterocycles. The average Bonchev–Trinajstić information content (AvgIpc) is 2.95. The molecule has 0 N–H and O–H groups in total. The van der Waals surface area contributed by atoms with Crippen LogP contribution in [0.15, 0.2) is 34.9 Å². The van der Waals surface area contributed by atoms with Crippen molar-refractivity contribution in [1.82, 2.24) is 0 Å². The monoisotopic (exact) mass is 248 g/mol. The molecule has 0 unspecified atom stereocenters. The zero-order valence-electron chi connectivity index (χ0n) is 8.90. The summed E-state index contributed by atoms with van der Waals surface area (Å²) in [6.45, 7) is 0.680. The van der Waals surface area contributed by atoms with Crippen molar-refractivity contribution < 1.29 is 13.9 Å². The minimum atomic E-state index is -0.126. The summed E-state index contributed by atoms with van der Waals surface area (Å²) in [5.41, 5.74) is 2.07. The van der Waals surface area contributed by atoms with Crippen molar-refractivity contribution in [2.45, 2.75) is 6.42 Å². The van der Waals surface area contributed by atoms with Crippen LogP contribution in [-0.2, 0) is 6.42 Å². The number of halogens is 1. The number of hydrogen-bond acceptors (Lipinski definition) is 3. The molecule has 2 heterocycles. The zero-order valence-corrected chi connectivity index (χ0v) is 9.66. The average molecular weight is 249 g/mol. The number of ether oxygens (including phenoxy) is 1. The highest BCUT2D eigenvalue weighted by Gasteiger charge is 2.18. The summed E-state index contributed by atoms with van der Waals surface area (Å²) in [6.07, 6.45) is 2.25. The molecule has 86 valence electrons. The van der Waals surface area contributed by atoms with Crippen molar-refractivity contribution in [1.29, 1.82) is 0 Å². The van der Waals surface area contributed by atoms with Gasteiger partial charge in [-0.05, 0) is 41.4 Å². The van der Waals surface area contributed by atoms with E-state index in [1.807, 2.05) is 12.1 Å². The maximum atomic E-state index is 12.1. The fourth-order valence-corrected chi connectivity index (χ4v) is 2.14. The van der Waals surface area contributed by atoms with Gasteiger partial charge >= 0.3 is 0 Å². The van der Waals surface area contributed by atoms with Gasteiger partial charge in [-0.1, -0.05) is 0 Å². The van der Waals surface area contributed by atoms with E-state index in [0.29, 0.717) is 17.7 Å². The number of benzene rings is 1. The number of fused-ring (bicyclic) bond motifs is 1. The van der Waals surface area contributed by atoms with E-state index in [-0.39, 0.29) is 11.0 Å². The Morgan fingerprint density at radius 2 is 2.18 bits per heavy atom. The fourth-order valence-electron chi connectivity index (χ4n) is 1.94. The van der Waals surface area contributed by atoms with Crippen LogP contribution in [0.2, 0.25) is 5.22 Å². The van der Waals surface area contributed by atoms with Crippen LogP contribution in [0, 0.1) is 0 Å². The minimum Gasteiger partial charge on any atom is -0.493 e. The van der Waals surface area contributed by atoms with Crippen LogP contribution in [0.4, 0.5) is 0 Å². The highest BCUT2D eigenvalue weighted by atomic mass is 35.5. The second-order valence-corrected chi connectivity index (χ2v) is 4.20. The van der Waals surface area contributed by atoms with Gasteiger partial charge in [0.15, 0.2) is 5.78 Å². The normalized spacial score (nSPS) is 13.2. The molecule has 3 rings (SSSR count). The topological polar surface area (TPSA) is 39.4 Å². The van der Waals surface area contributed by atoms with Crippen molar-refractivity contribution in [3.63, 3.8) is 0 Å². The third kappa shape index (κ3) is 1.72. The molecule has 0 aliphatic carbocycles. The van der Waals surface area contributed by atoms with Crippen molar-refractivity contribution in [3.05, 3.63) is 52.4 Å². The molecular weight excluding hydrogens is 240 g/mol. The van der Waals surface area contributed by atoms with Crippen LogP contribution < -0.4 is 4.74 Å². The van der Waals surface area contributed by atoms with Crippen LogP contribution in [0.25, 0.3) is 0 Å². The molecule has 1 aromatic heterocycles. The second kappa shape index (κ2) is 3.93. The highest BCUT2D eigenvalue weighted by molar-refractivity contribution is 6.33. The first kappa shape index (κ1) is 10.4. The molecule has 4 heteroatoms. The lowest BCUT2D eigenvalue weighted by atomic mass is 10.0. The quantitative estimate of drug-likeness (QED) is 0.767. The van der Waals surface area contributed by atoms with Crippen molar-refractivity contribution in [2.75, 3.05) is 6.61 Å². The largest absolute Gasteiger partial charge is 0.493 e. The van der Waals surface area contributed by atoms with Gasteiger partial charge in [-0.3, -0.25) is 4.79 Å². The summed E-state index contributed by atoms with van der Waals surface area (Å²) in [6, 6.07) is 7.00. The Morgan fingerprint density at radius 3 is 2.94 bits per heavy atom. The Bertz CT molecular complexity index is 586. The Balaban J connectivity index is 2.00. The summed E-state index contributed by atoms with van der Waals surface area (Å²) in [5.74, 6) is 0.735. The van der Waals surface area contributed by atoms with Crippen molar-refractivity contribution >= 4 is 17.4 Å². The number of furan rings is 1. The predicted octanol–water partition coefficient (Wildman–Crippen LogP) is 3.10. The lowest BCUT2D eigenvalue weighted by molar-refractivity contribution is 0.103. The Labute approximate surface area is 103 Å². The molecule has 0 saturated heterocycles. The molecule has 0 atom stereocenters. The molecule has 0 fully saturated rings. The molecule has 0 bridgehead atoms. The second-order valence-electron chi connectivity index (χ2n) is 3.86. The third-order valence-corrected chi connectivity index (χ3v) is 3.11. The van der Waals surface area contributed by atoms with E-state index in [9.17, 15) is 4.79 Å². The number of ketones is 1. The third-order valence-electron chi connectivity index (χ3n) is 2.81. The SMILES string of the molecule is O=C(c1ccc2c(c1)CCO2)c1ccoc1Cl. The summed E-state index contributed by atoms with van der Waals surface area (Å²) in [7, 11) is 0. The molecule has 1 aliphatic rings. The Kier molecular flexibility index (Phi) is 2.41. The molecule has 17 heavy (non-hydrogen) atoms. The van der Waals surface area contributed by atoms with Crippen LogP contribution in [0.1, 0.15) is 21.5 Å². The van der Waals surface area contributed by atoms with E-state index in [2.05, 4.69) is 0 Å². The van der Waals surface area contributed by atoms with E-state index < -0.39 is 0 Å². The Morgan fingerprint density at radius 1 is 1.29 bits per heavy atom. The van der Waals surface area contributed by atoms with Crippen LogP contribution in [-0.4, -0.2) is 12.4 Å². The molecule has 1 aromatic carbocycles. The smallest absolute Gasteiger partial charge is 0.204 e. The summed E-state index contributed by atoms with van der Waals surface area (Å²) < 4.78 is 10.3. The number of carbonyl (C=O) groups excluding carboxylic acids is 1. The number of carbonyl (C=O) groups is 1. The first-order chi connectivity index (χ1) is 8.25. The number of rotatable bonds is 2. The van der Waals surface area contributed by atoms with Crippen LogP contribution in [0.3, 0.4) is 0 Å². The standard InChI is InChI=1S/C13H9ClO3/c14-13-10(4-6-17-13)12(15)9-1-2-11-8(7-9)3-5-16-11/h1-2,4,6-7H,3,5H2. The van der Waals surface area contributed by atoms with Gasteiger partial charge in [0.1, 0.15) is 5.75 Å². The van der Waals surface area contributed by atoms with Crippen molar-refractivity contribution in [2.24, 2.45) is 0 Å². The van der Waals surface area contributed by atoms with Gasteiger partial charge in [0, 0.05) is 12.0 Å². The molecule has 0 amide bonds. The number of hydrogen-bond donors (Lipinski definition) is 0. The minimum absolute atomic E-state index is 0.126. The molecule has 2 aromatic rings. The first-order valence-corrected chi connectivity index (χ1v) is 5.67. The van der Waals surface area contributed by atoms with Gasteiger partial charge < -0.3 is 9.15 Å². The van der Waals surface area contributed by atoms with E-state index in [0.717, 1.165) is 17.7 Å². The van der Waals surface area contributed by atoms with Crippen LogP contribution in [0.5, 0.6) is 5.75 Å². The summed E-state index contributed by atoms with van der Waals surface area (Å²) >= 11 is 5.79. The molecule has 3 nitrogen and oxygen atoms in total. The van der Waals surface area contributed by atoms with E-state index in [1.165, 1.54) is 6.26 Å².